The third-order valence-electron chi connectivity index (χ3n) is 15.0. The lowest BCUT2D eigenvalue weighted by molar-refractivity contribution is 0.768. The first-order valence-electron chi connectivity index (χ1n) is 25.0. The SMILES string of the molecule is c1ccc(-c2ccccc2-c2nc(-c3ccc(-c4ccc(-c5c6ccccc6cc6c5ccc5ccccc56)cc4)cc3)nc(-c3ccc4c(c3)-c3ccccc3C4(c3ccccc3)c3ccccc3)n2)cc1. The van der Waals surface area contributed by atoms with Crippen LogP contribution in [0, 0.1) is 0 Å². The molecule has 0 N–H and O–H groups in total. The van der Waals surface area contributed by atoms with Crippen LogP contribution >= 0.6 is 0 Å². The van der Waals surface area contributed by atoms with E-state index in [1.54, 1.807) is 0 Å². The molecule has 3 heteroatoms. The topological polar surface area (TPSA) is 38.7 Å². The molecular weight excluding hydrogens is 883 g/mol. The standard InChI is InChI=1S/C70H45N3/c1-4-18-48(19-5-1)56-26-14-15-30-61(56)69-72-67(71-68(73-69)53-41-43-65-63(45-53)59-29-16-17-31-64(59)70(65,54-22-6-2-7-23-54)55-24-8-3-9-25-55)51-38-34-47(35-39-51)46-32-36-50(37-33-46)66-58-28-13-11-21-52(58)44-62-57-27-12-10-20-49(57)40-42-60(62)66/h1-45H. The lowest BCUT2D eigenvalue weighted by Crippen LogP contribution is -2.28. The fourth-order valence-electron chi connectivity index (χ4n) is 11.7. The van der Waals surface area contributed by atoms with E-state index in [1.807, 2.05) is 6.07 Å². The average Bonchev–Trinajstić information content (AvgIpc) is 3.78. The summed E-state index contributed by atoms with van der Waals surface area (Å²) in [6.07, 6.45) is 0. The fourth-order valence-corrected chi connectivity index (χ4v) is 11.7. The van der Waals surface area contributed by atoms with Gasteiger partial charge in [0.05, 0.1) is 5.41 Å². The van der Waals surface area contributed by atoms with Crippen molar-refractivity contribution < 1.29 is 0 Å². The Kier molecular flexibility index (Phi) is 10.1. The van der Waals surface area contributed by atoms with E-state index in [0.29, 0.717) is 17.5 Å². The van der Waals surface area contributed by atoms with Gasteiger partial charge in [-0.25, -0.2) is 15.0 Å². The molecule has 13 aromatic rings. The quantitative estimate of drug-likeness (QED) is 0.113. The van der Waals surface area contributed by atoms with Crippen molar-refractivity contribution in [3.8, 4) is 78.7 Å². The van der Waals surface area contributed by atoms with Gasteiger partial charge >= 0.3 is 0 Å². The molecule has 73 heavy (non-hydrogen) atoms. The summed E-state index contributed by atoms with van der Waals surface area (Å²) in [5.41, 5.74) is 16.5. The van der Waals surface area contributed by atoms with Gasteiger partial charge in [0.25, 0.3) is 0 Å². The van der Waals surface area contributed by atoms with Crippen LogP contribution in [0.1, 0.15) is 22.3 Å². The third kappa shape index (κ3) is 7.00. The van der Waals surface area contributed by atoms with E-state index in [-0.39, 0.29) is 0 Å². The molecular formula is C70H45N3. The van der Waals surface area contributed by atoms with E-state index in [0.717, 1.165) is 38.9 Å². The summed E-state index contributed by atoms with van der Waals surface area (Å²) in [7, 11) is 0. The molecule has 0 atom stereocenters. The molecule has 0 spiro atoms. The summed E-state index contributed by atoms with van der Waals surface area (Å²) in [6.45, 7) is 0. The van der Waals surface area contributed by atoms with Crippen molar-refractivity contribution >= 4 is 32.3 Å². The Balaban J connectivity index is 0.882. The van der Waals surface area contributed by atoms with E-state index in [9.17, 15) is 0 Å². The Hall–Kier alpha value is -9.57. The van der Waals surface area contributed by atoms with Crippen LogP contribution in [0.15, 0.2) is 273 Å². The van der Waals surface area contributed by atoms with Gasteiger partial charge in [-0.1, -0.05) is 261 Å². The number of hydrogen-bond donors (Lipinski definition) is 0. The van der Waals surface area contributed by atoms with Crippen molar-refractivity contribution in [3.05, 3.63) is 295 Å². The zero-order valence-electron chi connectivity index (χ0n) is 39.8. The maximum absolute atomic E-state index is 5.35. The summed E-state index contributed by atoms with van der Waals surface area (Å²) in [5, 5.41) is 7.54. The van der Waals surface area contributed by atoms with Crippen molar-refractivity contribution in [3.63, 3.8) is 0 Å². The van der Waals surface area contributed by atoms with Crippen LogP contribution in [0.3, 0.4) is 0 Å². The van der Waals surface area contributed by atoms with Crippen molar-refractivity contribution in [1.82, 2.24) is 15.0 Å². The van der Waals surface area contributed by atoms with Gasteiger partial charge in [-0.05, 0) is 111 Å². The van der Waals surface area contributed by atoms with Crippen LogP contribution in [0.2, 0.25) is 0 Å². The van der Waals surface area contributed by atoms with E-state index in [2.05, 4.69) is 267 Å². The minimum Gasteiger partial charge on any atom is -0.208 e. The maximum atomic E-state index is 5.35. The molecule has 12 aromatic carbocycles. The van der Waals surface area contributed by atoms with Crippen LogP contribution in [-0.2, 0) is 5.41 Å². The molecule has 0 bridgehead atoms. The Bertz CT molecular complexity index is 4180. The second kappa shape index (κ2) is 17.4. The molecule has 0 aliphatic heterocycles. The second-order valence-electron chi connectivity index (χ2n) is 19.0. The van der Waals surface area contributed by atoms with Crippen molar-refractivity contribution in [1.29, 1.82) is 0 Å². The fraction of sp³-hybridized carbons (Fsp3) is 0.0143. The predicted octanol–water partition coefficient (Wildman–Crippen LogP) is 17.7. The molecule has 1 aliphatic rings. The molecule has 0 unspecified atom stereocenters. The molecule has 0 saturated heterocycles. The van der Waals surface area contributed by atoms with Crippen LogP contribution < -0.4 is 0 Å². The Morgan fingerprint density at radius 2 is 0.726 bits per heavy atom. The van der Waals surface area contributed by atoms with Crippen molar-refractivity contribution in [2.45, 2.75) is 5.41 Å². The molecule has 0 fully saturated rings. The lowest BCUT2D eigenvalue weighted by Gasteiger charge is -2.33. The molecule has 1 aromatic heterocycles. The zero-order valence-corrected chi connectivity index (χ0v) is 39.8. The van der Waals surface area contributed by atoms with Crippen molar-refractivity contribution in [2.75, 3.05) is 0 Å². The molecule has 14 rings (SSSR count). The normalized spacial score (nSPS) is 12.5. The summed E-state index contributed by atoms with van der Waals surface area (Å²) in [6, 6.07) is 98.4. The van der Waals surface area contributed by atoms with Crippen LogP contribution in [0.25, 0.3) is 111 Å². The Morgan fingerprint density at radius 1 is 0.233 bits per heavy atom. The van der Waals surface area contributed by atoms with E-state index >= 15 is 0 Å². The van der Waals surface area contributed by atoms with Gasteiger partial charge in [-0.15, -0.1) is 0 Å². The smallest absolute Gasteiger partial charge is 0.164 e. The highest BCUT2D eigenvalue weighted by molar-refractivity contribution is 6.20. The molecule has 0 amide bonds. The van der Waals surface area contributed by atoms with E-state index in [1.165, 1.54) is 76.8 Å². The summed E-state index contributed by atoms with van der Waals surface area (Å²) < 4.78 is 0. The monoisotopic (exact) mass is 927 g/mol. The third-order valence-corrected chi connectivity index (χ3v) is 15.0. The van der Waals surface area contributed by atoms with Gasteiger partial charge in [-0.2, -0.15) is 0 Å². The minimum atomic E-state index is -0.501. The van der Waals surface area contributed by atoms with E-state index in [4.69, 9.17) is 15.0 Å². The van der Waals surface area contributed by atoms with Gasteiger partial charge in [0.15, 0.2) is 17.5 Å². The highest BCUT2D eigenvalue weighted by atomic mass is 15.0. The number of benzene rings is 12. The van der Waals surface area contributed by atoms with Crippen LogP contribution in [0.5, 0.6) is 0 Å². The van der Waals surface area contributed by atoms with Crippen LogP contribution in [0.4, 0.5) is 0 Å². The molecule has 1 aliphatic carbocycles. The largest absolute Gasteiger partial charge is 0.208 e. The average molecular weight is 928 g/mol. The van der Waals surface area contributed by atoms with Gasteiger partial charge in [0.2, 0.25) is 0 Å². The highest BCUT2D eigenvalue weighted by Gasteiger charge is 2.46. The Morgan fingerprint density at radius 3 is 1.42 bits per heavy atom. The van der Waals surface area contributed by atoms with Gasteiger partial charge in [0, 0.05) is 16.7 Å². The Labute approximate surface area is 424 Å². The molecule has 3 nitrogen and oxygen atoms in total. The molecule has 0 saturated carbocycles. The number of fused-ring (bicyclic) bond motifs is 7. The van der Waals surface area contributed by atoms with E-state index < -0.39 is 5.41 Å². The summed E-state index contributed by atoms with van der Waals surface area (Å²) >= 11 is 0. The number of nitrogens with zero attached hydrogens (tertiary/aromatic N) is 3. The van der Waals surface area contributed by atoms with Gasteiger partial charge in [-0.3, -0.25) is 0 Å². The number of hydrogen-bond acceptors (Lipinski definition) is 3. The predicted molar refractivity (Wildman–Crippen MR) is 302 cm³/mol. The van der Waals surface area contributed by atoms with Crippen LogP contribution in [-0.4, -0.2) is 15.0 Å². The lowest BCUT2D eigenvalue weighted by atomic mass is 9.67. The highest BCUT2D eigenvalue weighted by Crippen LogP contribution is 2.56. The number of aromatic nitrogens is 3. The molecule has 1 heterocycles. The number of rotatable bonds is 8. The zero-order chi connectivity index (χ0) is 48.3. The maximum Gasteiger partial charge on any atom is 0.164 e. The van der Waals surface area contributed by atoms with Gasteiger partial charge in [0.1, 0.15) is 0 Å². The minimum absolute atomic E-state index is 0.501. The first-order chi connectivity index (χ1) is 36.2. The summed E-state index contributed by atoms with van der Waals surface area (Å²) in [5.74, 6) is 1.86. The second-order valence-corrected chi connectivity index (χ2v) is 19.0. The molecule has 0 radical (unpaired) electrons. The molecule has 340 valence electrons. The summed E-state index contributed by atoms with van der Waals surface area (Å²) in [4.78, 5) is 16.0. The van der Waals surface area contributed by atoms with Crippen molar-refractivity contribution in [2.24, 2.45) is 0 Å². The van der Waals surface area contributed by atoms with Gasteiger partial charge < -0.3 is 0 Å². The first kappa shape index (κ1) is 42.3. The first-order valence-corrected chi connectivity index (χ1v) is 25.0.